The molecule has 1 rings (SSSR count). The summed E-state index contributed by atoms with van der Waals surface area (Å²) in [6.07, 6.45) is 0.777. The van der Waals surface area contributed by atoms with Gasteiger partial charge in [0.2, 0.25) is 5.91 Å². The van der Waals surface area contributed by atoms with Crippen LogP contribution in [0.4, 0.5) is 0 Å². The highest BCUT2D eigenvalue weighted by Gasteiger charge is 2.41. The molecule has 16 heavy (non-hydrogen) atoms. The third-order valence-electron chi connectivity index (χ3n) is 2.68. The van der Waals surface area contributed by atoms with E-state index in [2.05, 4.69) is 12.6 Å². The zero-order valence-corrected chi connectivity index (χ0v) is 11.1. The maximum absolute atomic E-state index is 12.1. The monoisotopic (exact) mass is 263 g/mol. The first kappa shape index (κ1) is 13.7. The topological polar surface area (TPSA) is 57.6 Å². The Morgan fingerprint density at radius 1 is 1.62 bits per heavy atom. The molecule has 0 bridgehead atoms. The third-order valence-corrected chi connectivity index (χ3v) is 4.68. The zero-order valence-electron chi connectivity index (χ0n) is 9.42. The molecular weight excluding hydrogens is 246 g/mol. The molecule has 6 heteroatoms. The number of hydrogen-bond donors (Lipinski definition) is 2. The van der Waals surface area contributed by atoms with Gasteiger partial charge in [-0.3, -0.25) is 4.79 Å². The molecule has 1 heterocycles. The second-order valence-corrected chi connectivity index (χ2v) is 5.46. The Morgan fingerprint density at radius 3 is 2.69 bits per heavy atom. The van der Waals surface area contributed by atoms with Gasteiger partial charge in [-0.25, -0.2) is 4.79 Å². The molecule has 3 atom stereocenters. The minimum Gasteiger partial charge on any atom is -0.480 e. The van der Waals surface area contributed by atoms with Crippen molar-refractivity contribution in [3.8, 4) is 0 Å². The maximum Gasteiger partial charge on any atom is 0.327 e. The van der Waals surface area contributed by atoms with E-state index in [-0.39, 0.29) is 17.2 Å². The number of amides is 1. The number of thioether (sulfide) groups is 1. The quantitative estimate of drug-likeness (QED) is 0.751. The van der Waals surface area contributed by atoms with Crippen molar-refractivity contribution in [3.05, 3.63) is 0 Å². The molecule has 1 aliphatic rings. The number of carbonyl (C=O) groups is 2. The summed E-state index contributed by atoms with van der Waals surface area (Å²) in [5.41, 5.74) is 0. The van der Waals surface area contributed by atoms with Gasteiger partial charge in [0.15, 0.2) is 0 Å². The van der Waals surface area contributed by atoms with Crippen molar-refractivity contribution >= 4 is 36.3 Å². The first-order valence-corrected chi connectivity index (χ1v) is 6.98. The number of nitrogens with zero attached hydrogens (tertiary/aromatic N) is 1. The number of carboxylic acid groups (broad SMARTS) is 1. The van der Waals surface area contributed by atoms with Crippen molar-refractivity contribution in [1.29, 1.82) is 0 Å². The second kappa shape index (κ2) is 5.82. The lowest BCUT2D eigenvalue weighted by Crippen LogP contribution is -2.47. The van der Waals surface area contributed by atoms with E-state index < -0.39 is 12.0 Å². The molecule has 4 nitrogen and oxygen atoms in total. The molecule has 0 aromatic carbocycles. The first-order valence-electron chi connectivity index (χ1n) is 5.30. The van der Waals surface area contributed by atoms with Gasteiger partial charge in [-0.15, -0.1) is 11.8 Å². The molecule has 1 fully saturated rings. The molecule has 0 radical (unpaired) electrons. The van der Waals surface area contributed by atoms with Crippen molar-refractivity contribution in [3.63, 3.8) is 0 Å². The number of hydrogen-bond acceptors (Lipinski definition) is 4. The fraction of sp³-hybridized carbons (Fsp3) is 0.800. The Balaban J connectivity index is 2.85. The van der Waals surface area contributed by atoms with Crippen molar-refractivity contribution in [2.75, 3.05) is 11.5 Å². The predicted molar refractivity (Wildman–Crippen MR) is 67.8 cm³/mol. The van der Waals surface area contributed by atoms with E-state index in [1.54, 1.807) is 18.7 Å². The molecular formula is C10H17NO3S2. The van der Waals surface area contributed by atoms with Gasteiger partial charge in [-0.2, -0.15) is 12.6 Å². The lowest BCUT2D eigenvalue weighted by molar-refractivity contribution is -0.150. The average molecular weight is 263 g/mol. The van der Waals surface area contributed by atoms with E-state index in [0.29, 0.717) is 11.5 Å². The van der Waals surface area contributed by atoms with E-state index in [0.717, 1.165) is 6.42 Å². The van der Waals surface area contributed by atoms with Crippen LogP contribution in [0.3, 0.4) is 0 Å². The minimum atomic E-state index is -0.914. The Kier molecular flexibility index (Phi) is 4.98. The highest BCUT2D eigenvalue weighted by molar-refractivity contribution is 8.00. The number of carboxylic acids is 1. The lowest BCUT2D eigenvalue weighted by atomic mass is 10.1. The molecule has 3 unspecified atom stereocenters. The minimum absolute atomic E-state index is 0.00377. The average Bonchev–Trinajstić information content (AvgIpc) is 2.70. The molecule has 0 saturated carbocycles. The SMILES string of the molecule is CCC1SCC(C(=O)O)N1C(=O)C(C)CS. The van der Waals surface area contributed by atoms with Crippen LogP contribution in [-0.4, -0.2) is 44.8 Å². The van der Waals surface area contributed by atoms with Crippen molar-refractivity contribution in [2.45, 2.75) is 31.7 Å². The molecule has 1 N–H and O–H groups in total. The fourth-order valence-corrected chi connectivity index (χ4v) is 3.21. The Bertz CT molecular complexity index is 285. The Labute approximate surface area is 105 Å². The van der Waals surface area contributed by atoms with Crippen LogP contribution in [0.1, 0.15) is 20.3 Å². The van der Waals surface area contributed by atoms with Crippen LogP contribution in [0, 0.1) is 5.92 Å². The molecule has 1 amide bonds. The van der Waals surface area contributed by atoms with Crippen LogP contribution < -0.4 is 0 Å². The van der Waals surface area contributed by atoms with Crippen LogP contribution in [0.5, 0.6) is 0 Å². The number of carbonyl (C=O) groups excluding carboxylic acids is 1. The summed E-state index contributed by atoms with van der Waals surface area (Å²) in [6.45, 7) is 3.75. The van der Waals surface area contributed by atoms with E-state index in [1.165, 1.54) is 4.90 Å². The second-order valence-electron chi connectivity index (χ2n) is 3.88. The van der Waals surface area contributed by atoms with Gasteiger partial charge in [0.25, 0.3) is 0 Å². The zero-order chi connectivity index (χ0) is 12.3. The highest BCUT2D eigenvalue weighted by atomic mass is 32.2. The molecule has 0 aromatic rings. The third kappa shape index (κ3) is 2.66. The standard InChI is InChI=1S/C10H17NO3S2/c1-3-8-11(9(12)6(2)4-15)7(5-16-8)10(13)14/h6-8,15H,3-5H2,1-2H3,(H,13,14). The van der Waals surface area contributed by atoms with Crippen molar-refractivity contribution < 1.29 is 14.7 Å². The van der Waals surface area contributed by atoms with Gasteiger partial charge in [0, 0.05) is 17.4 Å². The summed E-state index contributed by atoms with van der Waals surface area (Å²) in [6, 6.07) is -0.676. The molecule has 0 spiro atoms. The maximum atomic E-state index is 12.1. The summed E-state index contributed by atoms with van der Waals surface area (Å²) < 4.78 is 0. The Morgan fingerprint density at radius 2 is 2.25 bits per heavy atom. The summed E-state index contributed by atoms with van der Waals surface area (Å²) >= 11 is 5.63. The largest absolute Gasteiger partial charge is 0.480 e. The van der Waals surface area contributed by atoms with Gasteiger partial charge in [0.05, 0.1) is 5.37 Å². The molecule has 1 aliphatic heterocycles. The predicted octanol–water partition coefficient (Wildman–Crippen LogP) is 1.32. The summed E-state index contributed by atoms with van der Waals surface area (Å²) in [5.74, 6) is -0.304. The van der Waals surface area contributed by atoms with E-state index in [1.807, 2.05) is 6.92 Å². The van der Waals surface area contributed by atoms with Crippen molar-refractivity contribution in [1.82, 2.24) is 4.90 Å². The summed E-state index contributed by atoms with van der Waals surface area (Å²) in [4.78, 5) is 24.6. The van der Waals surface area contributed by atoms with Gasteiger partial charge >= 0.3 is 5.97 Å². The van der Waals surface area contributed by atoms with Crippen LogP contribution >= 0.6 is 24.4 Å². The van der Waals surface area contributed by atoms with Gasteiger partial charge in [-0.1, -0.05) is 13.8 Å². The first-order chi connectivity index (χ1) is 7.52. The number of thiol groups is 1. The lowest BCUT2D eigenvalue weighted by Gasteiger charge is -2.28. The molecule has 1 saturated heterocycles. The van der Waals surface area contributed by atoms with Crippen LogP contribution in [0.25, 0.3) is 0 Å². The van der Waals surface area contributed by atoms with Crippen molar-refractivity contribution in [2.24, 2.45) is 5.92 Å². The van der Waals surface area contributed by atoms with E-state index in [4.69, 9.17) is 5.11 Å². The van der Waals surface area contributed by atoms with Crippen LogP contribution in [0.15, 0.2) is 0 Å². The molecule has 0 aliphatic carbocycles. The Hall–Kier alpha value is -0.360. The van der Waals surface area contributed by atoms with Gasteiger partial charge in [-0.05, 0) is 6.42 Å². The number of aliphatic carboxylic acids is 1. The van der Waals surface area contributed by atoms with Crippen LogP contribution in [-0.2, 0) is 9.59 Å². The number of rotatable bonds is 4. The smallest absolute Gasteiger partial charge is 0.327 e. The van der Waals surface area contributed by atoms with E-state index >= 15 is 0 Å². The summed E-state index contributed by atoms with van der Waals surface area (Å²) in [7, 11) is 0. The summed E-state index contributed by atoms with van der Waals surface area (Å²) in [5, 5.41) is 9.07. The molecule has 0 aromatic heterocycles. The van der Waals surface area contributed by atoms with Gasteiger partial charge < -0.3 is 10.0 Å². The van der Waals surface area contributed by atoms with Gasteiger partial charge in [0.1, 0.15) is 6.04 Å². The normalized spacial score (nSPS) is 26.8. The van der Waals surface area contributed by atoms with E-state index in [9.17, 15) is 9.59 Å². The fourth-order valence-electron chi connectivity index (χ4n) is 1.70. The highest BCUT2D eigenvalue weighted by Crippen LogP contribution is 2.32. The molecule has 92 valence electrons. The van der Waals surface area contributed by atoms with Crippen LogP contribution in [0.2, 0.25) is 0 Å².